The molecule has 3 aromatic carbocycles. The summed E-state index contributed by atoms with van der Waals surface area (Å²) < 4.78 is 0. The van der Waals surface area contributed by atoms with E-state index in [0.29, 0.717) is 18.8 Å². The summed E-state index contributed by atoms with van der Waals surface area (Å²) in [5, 5.41) is 16.3. The monoisotopic (exact) mass is 401 g/mol. The molecule has 0 unspecified atom stereocenters. The number of benzene rings is 3. The van der Waals surface area contributed by atoms with Gasteiger partial charge in [0.25, 0.3) is 5.69 Å². The minimum Gasteiger partial charge on any atom is -0.369 e. The summed E-state index contributed by atoms with van der Waals surface area (Å²) in [6, 6.07) is 25.6. The zero-order valence-electron chi connectivity index (χ0n) is 16.9. The van der Waals surface area contributed by atoms with Crippen molar-refractivity contribution >= 4 is 17.1 Å². The molecule has 1 radical (unpaired) electrons. The highest BCUT2D eigenvalue weighted by atomic mass is 16.6. The van der Waals surface area contributed by atoms with Gasteiger partial charge in [-0.25, -0.2) is 5.32 Å². The van der Waals surface area contributed by atoms with Crippen LogP contribution in [0.2, 0.25) is 0 Å². The summed E-state index contributed by atoms with van der Waals surface area (Å²) in [7, 11) is 0. The Labute approximate surface area is 176 Å². The Hall–Kier alpha value is -3.38. The molecule has 6 heteroatoms. The van der Waals surface area contributed by atoms with Gasteiger partial charge in [-0.2, -0.15) is 0 Å². The van der Waals surface area contributed by atoms with Gasteiger partial charge in [-0.3, -0.25) is 10.1 Å². The number of piperazine rings is 1. The third kappa shape index (κ3) is 4.78. The van der Waals surface area contributed by atoms with Crippen LogP contribution in [0, 0.1) is 10.1 Å². The van der Waals surface area contributed by atoms with Crippen molar-refractivity contribution in [2.75, 3.05) is 36.0 Å². The number of rotatable bonds is 7. The Morgan fingerprint density at radius 1 is 0.867 bits per heavy atom. The van der Waals surface area contributed by atoms with E-state index in [2.05, 4.69) is 39.4 Å². The lowest BCUT2D eigenvalue weighted by Crippen LogP contribution is -2.40. The molecule has 0 atom stereocenters. The summed E-state index contributed by atoms with van der Waals surface area (Å²) in [5.41, 5.74) is 4.02. The molecule has 30 heavy (non-hydrogen) atoms. The van der Waals surface area contributed by atoms with Gasteiger partial charge >= 0.3 is 0 Å². The average Bonchev–Trinajstić information content (AvgIpc) is 2.80. The van der Waals surface area contributed by atoms with Gasteiger partial charge in [0, 0.05) is 51.0 Å². The molecule has 0 amide bonds. The molecule has 0 bridgehead atoms. The average molecular weight is 401 g/mol. The lowest BCUT2D eigenvalue weighted by Gasteiger charge is -2.31. The summed E-state index contributed by atoms with van der Waals surface area (Å²) >= 11 is 0. The number of nitro groups is 1. The molecule has 0 aromatic heterocycles. The molecular formula is C24H25N4O2. The van der Waals surface area contributed by atoms with Crippen LogP contribution in [0.25, 0.3) is 0 Å². The Morgan fingerprint density at radius 3 is 1.97 bits per heavy atom. The number of hydrogen-bond acceptors (Lipinski definition) is 4. The van der Waals surface area contributed by atoms with Crippen LogP contribution in [-0.2, 0) is 13.1 Å². The molecule has 1 saturated heterocycles. The SMILES string of the molecule is O=[N+]([O-])c1ccc(N2CC[N]CC2)cc1N(Cc1ccccc1)Cc1ccccc1. The highest BCUT2D eigenvalue weighted by molar-refractivity contribution is 5.70. The topological polar surface area (TPSA) is 63.7 Å². The summed E-state index contributed by atoms with van der Waals surface area (Å²) in [6.45, 7) is 4.46. The van der Waals surface area contributed by atoms with Crippen molar-refractivity contribution in [3.63, 3.8) is 0 Å². The standard InChI is InChI=1S/C24H25N4O2/c29-28(30)23-12-11-22(26-15-13-25-14-16-26)17-24(23)27(18-20-7-3-1-4-8-20)19-21-9-5-2-6-10-21/h1-12,17H,13-16,18-19H2. The summed E-state index contributed by atoms with van der Waals surface area (Å²) in [5.74, 6) is 0. The normalized spacial score (nSPS) is 13.8. The molecule has 6 nitrogen and oxygen atoms in total. The molecular weight excluding hydrogens is 376 g/mol. The molecule has 4 rings (SSSR count). The smallest absolute Gasteiger partial charge is 0.292 e. The van der Waals surface area contributed by atoms with E-state index in [-0.39, 0.29) is 10.6 Å². The van der Waals surface area contributed by atoms with Gasteiger partial charge < -0.3 is 9.80 Å². The fourth-order valence-electron chi connectivity index (χ4n) is 3.81. The zero-order valence-corrected chi connectivity index (χ0v) is 16.9. The van der Waals surface area contributed by atoms with Gasteiger partial charge in [0.2, 0.25) is 0 Å². The number of hydrogen-bond donors (Lipinski definition) is 0. The van der Waals surface area contributed by atoms with E-state index in [1.807, 2.05) is 48.5 Å². The minimum absolute atomic E-state index is 0.132. The van der Waals surface area contributed by atoms with Gasteiger partial charge in [0.1, 0.15) is 5.69 Å². The molecule has 1 heterocycles. The molecule has 0 spiro atoms. The fraction of sp³-hybridized carbons (Fsp3) is 0.250. The molecule has 1 aliphatic rings. The van der Waals surface area contributed by atoms with Gasteiger partial charge in [-0.05, 0) is 23.3 Å². The van der Waals surface area contributed by atoms with Gasteiger partial charge in [-0.1, -0.05) is 60.7 Å². The fourth-order valence-corrected chi connectivity index (χ4v) is 3.81. The quantitative estimate of drug-likeness (QED) is 0.439. The molecule has 153 valence electrons. The van der Waals surface area contributed by atoms with Crippen LogP contribution >= 0.6 is 0 Å². The maximum atomic E-state index is 11.9. The lowest BCUT2D eigenvalue weighted by molar-refractivity contribution is -0.384. The summed E-state index contributed by atoms with van der Waals surface area (Å²) in [4.78, 5) is 15.9. The van der Waals surface area contributed by atoms with Gasteiger partial charge in [0.15, 0.2) is 0 Å². The number of nitrogens with zero attached hydrogens (tertiary/aromatic N) is 4. The van der Waals surface area contributed by atoms with E-state index in [9.17, 15) is 10.1 Å². The largest absolute Gasteiger partial charge is 0.369 e. The maximum absolute atomic E-state index is 11.9. The van der Waals surface area contributed by atoms with Gasteiger partial charge in [-0.15, -0.1) is 0 Å². The highest BCUT2D eigenvalue weighted by Gasteiger charge is 2.23. The number of nitro benzene ring substituents is 1. The van der Waals surface area contributed by atoms with Crippen molar-refractivity contribution in [2.45, 2.75) is 13.1 Å². The molecule has 1 fully saturated rings. The highest BCUT2D eigenvalue weighted by Crippen LogP contribution is 2.34. The van der Waals surface area contributed by atoms with Crippen molar-refractivity contribution in [2.24, 2.45) is 0 Å². The van der Waals surface area contributed by atoms with Crippen LogP contribution in [-0.4, -0.2) is 31.1 Å². The predicted octanol–water partition coefficient (Wildman–Crippen LogP) is 4.23. The second-order valence-corrected chi connectivity index (χ2v) is 7.42. The number of anilines is 2. The van der Waals surface area contributed by atoms with E-state index in [1.54, 1.807) is 6.07 Å². The third-order valence-electron chi connectivity index (χ3n) is 5.35. The van der Waals surface area contributed by atoms with Crippen LogP contribution in [0.15, 0.2) is 78.9 Å². The van der Waals surface area contributed by atoms with Crippen molar-refractivity contribution in [1.29, 1.82) is 0 Å². The van der Waals surface area contributed by atoms with Crippen LogP contribution in [0.3, 0.4) is 0 Å². The molecule has 3 aromatic rings. The first-order valence-electron chi connectivity index (χ1n) is 10.2. The minimum atomic E-state index is -0.284. The first-order chi connectivity index (χ1) is 14.7. The van der Waals surface area contributed by atoms with E-state index in [1.165, 1.54) is 0 Å². The Kier molecular flexibility index (Phi) is 6.25. The summed E-state index contributed by atoms with van der Waals surface area (Å²) in [6.07, 6.45) is 0. The first kappa shape index (κ1) is 19.9. The van der Waals surface area contributed by atoms with Crippen molar-refractivity contribution in [1.82, 2.24) is 5.32 Å². The predicted molar refractivity (Wildman–Crippen MR) is 120 cm³/mol. The van der Waals surface area contributed by atoms with E-state index in [0.717, 1.165) is 43.0 Å². The second kappa shape index (κ2) is 9.41. The van der Waals surface area contributed by atoms with Gasteiger partial charge in [0.05, 0.1) is 4.92 Å². The van der Waals surface area contributed by atoms with E-state index < -0.39 is 0 Å². The van der Waals surface area contributed by atoms with E-state index in [4.69, 9.17) is 0 Å². The first-order valence-corrected chi connectivity index (χ1v) is 10.2. The van der Waals surface area contributed by atoms with Crippen LogP contribution in [0.1, 0.15) is 11.1 Å². The Balaban J connectivity index is 1.73. The molecule has 0 saturated carbocycles. The zero-order chi connectivity index (χ0) is 20.8. The van der Waals surface area contributed by atoms with Crippen LogP contribution in [0.5, 0.6) is 0 Å². The Bertz CT molecular complexity index is 932. The third-order valence-corrected chi connectivity index (χ3v) is 5.35. The lowest BCUT2D eigenvalue weighted by atomic mass is 10.1. The Morgan fingerprint density at radius 2 is 1.43 bits per heavy atom. The van der Waals surface area contributed by atoms with E-state index >= 15 is 0 Å². The molecule has 1 aliphatic heterocycles. The maximum Gasteiger partial charge on any atom is 0.292 e. The second-order valence-electron chi connectivity index (χ2n) is 7.42. The van der Waals surface area contributed by atoms with Crippen molar-refractivity contribution < 1.29 is 4.92 Å². The molecule has 0 N–H and O–H groups in total. The van der Waals surface area contributed by atoms with Crippen molar-refractivity contribution in [3.8, 4) is 0 Å². The van der Waals surface area contributed by atoms with Crippen LogP contribution in [0.4, 0.5) is 17.1 Å². The molecule has 0 aliphatic carbocycles. The van der Waals surface area contributed by atoms with Crippen molar-refractivity contribution in [3.05, 3.63) is 100 Å². The van der Waals surface area contributed by atoms with Crippen LogP contribution < -0.4 is 15.1 Å².